The van der Waals surface area contributed by atoms with E-state index < -0.39 is 35.7 Å². The van der Waals surface area contributed by atoms with E-state index in [1.165, 1.54) is 25.1 Å². The first-order valence-corrected chi connectivity index (χ1v) is 13.8. The number of aliphatic carboxylic acids is 1. The topological polar surface area (TPSA) is 114 Å². The van der Waals surface area contributed by atoms with Gasteiger partial charge in [-0.05, 0) is 46.5 Å². The van der Waals surface area contributed by atoms with Crippen LogP contribution in [0.5, 0.6) is 11.5 Å². The van der Waals surface area contributed by atoms with Crippen LogP contribution in [0.1, 0.15) is 29.2 Å². The zero-order chi connectivity index (χ0) is 30.6. The molecule has 0 aromatic heterocycles. The van der Waals surface area contributed by atoms with E-state index in [4.69, 9.17) is 9.47 Å². The highest BCUT2D eigenvalue weighted by Gasteiger charge is 2.27. The van der Waals surface area contributed by atoms with Gasteiger partial charge < -0.3 is 25.2 Å². The van der Waals surface area contributed by atoms with Gasteiger partial charge in [0.05, 0.1) is 0 Å². The van der Waals surface area contributed by atoms with Crippen molar-refractivity contribution in [1.29, 1.82) is 0 Å². The smallest absolute Gasteiger partial charge is 0.326 e. The van der Waals surface area contributed by atoms with Crippen molar-refractivity contribution in [1.82, 2.24) is 10.6 Å². The third-order valence-corrected chi connectivity index (χ3v) is 6.56. The summed E-state index contributed by atoms with van der Waals surface area (Å²) in [5.41, 5.74) is 2.98. The Labute approximate surface area is 249 Å². The van der Waals surface area contributed by atoms with Crippen molar-refractivity contribution in [2.75, 3.05) is 0 Å². The monoisotopic (exact) mass is 584 g/mol. The highest BCUT2D eigenvalue weighted by Crippen LogP contribution is 2.30. The molecule has 0 aliphatic carbocycles. The lowest BCUT2D eigenvalue weighted by molar-refractivity contribution is -0.142. The molecule has 0 aliphatic heterocycles. The molecule has 0 fully saturated rings. The second kappa shape index (κ2) is 15.2. The molecule has 222 valence electrons. The zero-order valence-corrected chi connectivity index (χ0v) is 23.7. The molecule has 0 aliphatic rings. The molecule has 2 amide bonds. The van der Waals surface area contributed by atoms with Crippen LogP contribution in [0.2, 0.25) is 0 Å². The molecule has 0 saturated carbocycles. The second-order valence-corrected chi connectivity index (χ2v) is 10.0. The molecule has 3 N–H and O–H groups in total. The number of halogens is 1. The lowest BCUT2D eigenvalue weighted by atomic mass is 10.0. The molecular formula is C34H33FN2O6. The first-order chi connectivity index (χ1) is 20.8. The predicted molar refractivity (Wildman–Crippen MR) is 159 cm³/mol. The number of benzene rings is 4. The molecule has 0 spiro atoms. The quantitative estimate of drug-likeness (QED) is 0.195. The van der Waals surface area contributed by atoms with Crippen LogP contribution >= 0.6 is 0 Å². The Morgan fingerprint density at radius 2 is 1.23 bits per heavy atom. The first-order valence-electron chi connectivity index (χ1n) is 13.8. The molecule has 0 bridgehead atoms. The average Bonchev–Trinajstić information content (AvgIpc) is 2.99. The Kier molecular flexibility index (Phi) is 10.9. The number of hydrogen-bond donors (Lipinski definition) is 3. The molecule has 0 radical (unpaired) electrons. The zero-order valence-electron chi connectivity index (χ0n) is 23.7. The maximum atomic E-state index is 13.7. The maximum absolute atomic E-state index is 13.7. The first kappa shape index (κ1) is 30.8. The SMILES string of the molecule is CC(=O)N[C@H](Cc1cccc(F)c1)C(=O)N[C@H](Cc1ccc(OCc2ccccc2)c(OCc2ccccc2)c1)C(=O)O. The van der Waals surface area contributed by atoms with Gasteiger partial charge in [0.1, 0.15) is 31.1 Å². The molecule has 0 unspecified atom stereocenters. The fourth-order valence-corrected chi connectivity index (χ4v) is 4.44. The third kappa shape index (κ3) is 9.71. The molecule has 8 nitrogen and oxygen atoms in total. The molecule has 2 atom stereocenters. The minimum atomic E-state index is -1.31. The van der Waals surface area contributed by atoms with Gasteiger partial charge >= 0.3 is 5.97 Å². The summed E-state index contributed by atoms with van der Waals surface area (Å²) >= 11 is 0. The van der Waals surface area contributed by atoms with Gasteiger partial charge in [-0.2, -0.15) is 0 Å². The Bertz CT molecular complexity index is 1530. The number of carboxylic acid groups (broad SMARTS) is 1. The molecule has 4 aromatic carbocycles. The van der Waals surface area contributed by atoms with Crippen molar-refractivity contribution >= 4 is 17.8 Å². The molecule has 9 heteroatoms. The molecule has 0 saturated heterocycles. The Morgan fingerprint density at radius 3 is 1.81 bits per heavy atom. The van der Waals surface area contributed by atoms with Crippen LogP contribution < -0.4 is 20.1 Å². The molecule has 4 rings (SSSR count). The lowest BCUT2D eigenvalue weighted by Crippen LogP contribution is -2.52. The van der Waals surface area contributed by atoms with Crippen LogP contribution in [-0.4, -0.2) is 35.0 Å². The van der Waals surface area contributed by atoms with Crippen LogP contribution in [0.4, 0.5) is 4.39 Å². The van der Waals surface area contributed by atoms with E-state index in [1.807, 2.05) is 60.7 Å². The van der Waals surface area contributed by atoms with Gasteiger partial charge in [-0.1, -0.05) is 78.9 Å². The predicted octanol–water partition coefficient (Wildman–Crippen LogP) is 4.84. The van der Waals surface area contributed by atoms with Crippen LogP contribution in [-0.2, 0) is 40.4 Å². The number of rotatable bonds is 14. The van der Waals surface area contributed by atoms with Gasteiger partial charge in [-0.25, -0.2) is 9.18 Å². The molecule has 43 heavy (non-hydrogen) atoms. The second-order valence-electron chi connectivity index (χ2n) is 10.0. The van der Waals surface area contributed by atoms with E-state index in [0.717, 1.165) is 11.1 Å². The summed E-state index contributed by atoms with van der Waals surface area (Å²) in [6.07, 6.45) is -0.0745. The highest BCUT2D eigenvalue weighted by atomic mass is 19.1. The minimum Gasteiger partial charge on any atom is -0.485 e. The summed E-state index contributed by atoms with van der Waals surface area (Å²) in [4.78, 5) is 37.1. The number of carbonyl (C=O) groups is 3. The summed E-state index contributed by atoms with van der Waals surface area (Å²) in [7, 11) is 0. The fourth-order valence-electron chi connectivity index (χ4n) is 4.44. The molecule has 0 heterocycles. The Balaban J connectivity index is 1.51. The van der Waals surface area contributed by atoms with Gasteiger partial charge in [0.15, 0.2) is 11.5 Å². The fraction of sp³-hybridized carbons (Fsp3) is 0.206. The van der Waals surface area contributed by atoms with Crippen molar-refractivity contribution < 1.29 is 33.4 Å². The van der Waals surface area contributed by atoms with Gasteiger partial charge in [-0.15, -0.1) is 0 Å². The van der Waals surface area contributed by atoms with E-state index in [2.05, 4.69) is 10.6 Å². The number of amides is 2. The summed E-state index contributed by atoms with van der Waals surface area (Å²) in [6.45, 7) is 1.83. The van der Waals surface area contributed by atoms with Crippen LogP contribution in [0, 0.1) is 5.82 Å². The lowest BCUT2D eigenvalue weighted by Gasteiger charge is -2.22. The average molecular weight is 585 g/mol. The number of carboxylic acids is 1. The van der Waals surface area contributed by atoms with E-state index >= 15 is 0 Å². The van der Waals surface area contributed by atoms with Gasteiger partial charge in [0, 0.05) is 19.8 Å². The molecular weight excluding hydrogens is 551 g/mol. The van der Waals surface area contributed by atoms with E-state index in [1.54, 1.807) is 24.3 Å². The normalized spacial score (nSPS) is 12.0. The minimum absolute atomic E-state index is 0.0135. The van der Waals surface area contributed by atoms with E-state index in [9.17, 15) is 23.9 Å². The Morgan fingerprint density at radius 1 is 0.674 bits per heavy atom. The summed E-state index contributed by atoms with van der Waals surface area (Å²) < 4.78 is 25.8. The number of hydrogen-bond acceptors (Lipinski definition) is 5. The molecule has 4 aromatic rings. The number of ether oxygens (including phenoxy) is 2. The summed E-state index contributed by atoms with van der Waals surface area (Å²) in [5.74, 6) is -2.00. The number of carbonyl (C=O) groups excluding carboxylic acids is 2. The van der Waals surface area contributed by atoms with Crippen molar-refractivity contribution in [3.8, 4) is 11.5 Å². The maximum Gasteiger partial charge on any atom is 0.326 e. The van der Waals surface area contributed by atoms with Crippen LogP contribution in [0.3, 0.4) is 0 Å². The van der Waals surface area contributed by atoms with Gasteiger partial charge in [-0.3, -0.25) is 9.59 Å². The van der Waals surface area contributed by atoms with E-state index in [0.29, 0.717) is 29.2 Å². The van der Waals surface area contributed by atoms with Crippen molar-refractivity contribution in [3.63, 3.8) is 0 Å². The van der Waals surface area contributed by atoms with Crippen molar-refractivity contribution in [3.05, 3.63) is 131 Å². The van der Waals surface area contributed by atoms with Crippen molar-refractivity contribution in [2.24, 2.45) is 0 Å². The van der Waals surface area contributed by atoms with E-state index in [-0.39, 0.29) is 19.4 Å². The number of nitrogens with one attached hydrogen (secondary N) is 2. The summed E-state index contributed by atoms with van der Waals surface area (Å²) in [6, 6.07) is 27.6. The van der Waals surface area contributed by atoms with Crippen LogP contribution in [0.25, 0.3) is 0 Å². The largest absolute Gasteiger partial charge is 0.485 e. The highest BCUT2D eigenvalue weighted by molar-refractivity contribution is 5.90. The standard InChI is InChI=1S/C34H33FN2O6/c1-23(38)36-29(18-26-13-8-14-28(35)17-26)33(39)37-30(34(40)41)19-27-15-16-31(42-21-24-9-4-2-5-10-24)32(20-27)43-22-25-11-6-3-7-12-25/h2-17,20,29-30H,18-19,21-22H2,1H3,(H,36,38)(H,37,39)(H,40,41)/t29-,30-/m1/s1. The van der Waals surface area contributed by atoms with Gasteiger partial charge in [0.2, 0.25) is 11.8 Å². The third-order valence-electron chi connectivity index (χ3n) is 6.56. The Hall–Kier alpha value is -5.18. The summed E-state index contributed by atoms with van der Waals surface area (Å²) in [5, 5.41) is 15.0. The van der Waals surface area contributed by atoms with Crippen molar-refractivity contribution in [2.45, 2.75) is 45.1 Å². The van der Waals surface area contributed by atoms with Crippen LogP contribution in [0.15, 0.2) is 103 Å². The van der Waals surface area contributed by atoms with Gasteiger partial charge in [0.25, 0.3) is 0 Å².